The summed E-state index contributed by atoms with van der Waals surface area (Å²) in [5, 5.41) is 9.05. The number of carboxylic acids is 1. The van der Waals surface area contributed by atoms with Crippen molar-refractivity contribution in [3.05, 3.63) is 76.9 Å². The van der Waals surface area contributed by atoms with Gasteiger partial charge < -0.3 is 5.11 Å². The molecule has 2 heteroatoms. The zero-order valence-corrected chi connectivity index (χ0v) is 11.1. The molecule has 2 rings (SSSR count). The van der Waals surface area contributed by atoms with Crippen LogP contribution < -0.4 is 0 Å². The third-order valence-corrected chi connectivity index (χ3v) is 3.17. The average Bonchev–Trinajstić information content (AvgIpc) is 2.40. The molecular weight excluding hydrogens is 236 g/mol. The van der Waals surface area contributed by atoms with Crippen molar-refractivity contribution >= 4 is 11.5 Å². The number of aliphatic carboxylic acids is 1. The summed E-state index contributed by atoms with van der Waals surface area (Å²) in [7, 11) is 0. The summed E-state index contributed by atoms with van der Waals surface area (Å²) < 4.78 is 0. The molecule has 0 heterocycles. The molecule has 0 radical (unpaired) electrons. The van der Waals surface area contributed by atoms with Crippen molar-refractivity contribution in [1.29, 1.82) is 0 Å². The molecule has 19 heavy (non-hydrogen) atoms. The standard InChI is InChI=1S/C17H16O2/c1-12-8-9-15(10-13(12)2)16(11-17(18)19)14-6-4-3-5-7-14/h3-11H,1-2H3,(H,18,19)/b16-11-. The van der Waals surface area contributed by atoms with Crippen LogP contribution in [-0.2, 0) is 4.79 Å². The molecule has 1 N–H and O–H groups in total. The number of benzene rings is 2. The van der Waals surface area contributed by atoms with Crippen molar-refractivity contribution in [2.24, 2.45) is 0 Å². The van der Waals surface area contributed by atoms with E-state index in [1.807, 2.05) is 62.4 Å². The lowest BCUT2D eigenvalue weighted by molar-refractivity contribution is -0.131. The van der Waals surface area contributed by atoms with Gasteiger partial charge >= 0.3 is 5.97 Å². The number of carboxylic acid groups (broad SMARTS) is 1. The van der Waals surface area contributed by atoms with Crippen molar-refractivity contribution in [2.45, 2.75) is 13.8 Å². The fourth-order valence-electron chi connectivity index (χ4n) is 1.98. The largest absolute Gasteiger partial charge is 0.478 e. The lowest BCUT2D eigenvalue weighted by atomic mass is 9.95. The molecule has 0 saturated heterocycles. The zero-order chi connectivity index (χ0) is 13.8. The number of hydrogen-bond donors (Lipinski definition) is 1. The van der Waals surface area contributed by atoms with Crippen LogP contribution in [0.1, 0.15) is 22.3 Å². The Morgan fingerprint density at radius 2 is 1.63 bits per heavy atom. The highest BCUT2D eigenvalue weighted by Crippen LogP contribution is 2.25. The molecule has 0 aliphatic carbocycles. The summed E-state index contributed by atoms with van der Waals surface area (Å²) in [5.74, 6) is -0.933. The van der Waals surface area contributed by atoms with Crippen molar-refractivity contribution in [1.82, 2.24) is 0 Å². The Hall–Kier alpha value is -2.35. The zero-order valence-electron chi connectivity index (χ0n) is 11.1. The van der Waals surface area contributed by atoms with E-state index in [2.05, 4.69) is 0 Å². The normalized spacial score (nSPS) is 11.4. The lowest BCUT2D eigenvalue weighted by Crippen LogP contribution is -1.95. The second-order valence-corrected chi connectivity index (χ2v) is 4.56. The molecular formula is C17H16O2. The summed E-state index contributed by atoms with van der Waals surface area (Å²) in [6.45, 7) is 4.07. The van der Waals surface area contributed by atoms with Gasteiger partial charge in [0.1, 0.15) is 0 Å². The maximum atomic E-state index is 11.0. The monoisotopic (exact) mass is 252 g/mol. The van der Waals surface area contributed by atoms with Gasteiger partial charge in [-0.1, -0.05) is 48.5 Å². The van der Waals surface area contributed by atoms with E-state index in [0.717, 1.165) is 22.3 Å². The van der Waals surface area contributed by atoms with E-state index in [4.69, 9.17) is 5.11 Å². The van der Waals surface area contributed by atoms with E-state index in [1.54, 1.807) is 0 Å². The van der Waals surface area contributed by atoms with Crippen LogP contribution in [0.4, 0.5) is 0 Å². The lowest BCUT2D eigenvalue weighted by Gasteiger charge is -2.10. The van der Waals surface area contributed by atoms with Crippen molar-refractivity contribution in [3.63, 3.8) is 0 Å². The molecule has 0 aliphatic rings. The van der Waals surface area contributed by atoms with Crippen molar-refractivity contribution in [2.75, 3.05) is 0 Å². The SMILES string of the molecule is Cc1ccc(/C(=C\C(=O)O)c2ccccc2)cc1C. The first kappa shape index (κ1) is 13.1. The second-order valence-electron chi connectivity index (χ2n) is 4.56. The van der Waals surface area contributed by atoms with Gasteiger partial charge in [-0.05, 0) is 41.7 Å². The number of rotatable bonds is 3. The van der Waals surface area contributed by atoms with Crippen LogP contribution in [0, 0.1) is 13.8 Å². The molecule has 0 aliphatic heterocycles. The van der Waals surface area contributed by atoms with E-state index >= 15 is 0 Å². The minimum Gasteiger partial charge on any atom is -0.478 e. The van der Waals surface area contributed by atoms with Gasteiger partial charge in [-0.2, -0.15) is 0 Å². The molecule has 0 amide bonds. The van der Waals surface area contributed by atoms with Crippen LogP contribution in [0.5, 0.6) is 0 Å². The third-order valence-electron chi connectivity index (χ3n) is 3.17. The fourth-order valence-corrected chi connectivity index (χ4v) is 1.98. The number of hydrogen-bond acceptors (Lipinski definition) is 1. The number of carbonyl (C=O) groups is 1. The van der Waals surface area contributed by atoms with Gasteiger partial charge in [0.15, 0.2) is 0 Å². The first-order chi connectivity index (χ1) is 9.08. The van der Waals surface area contributed by atoms with E-state index < -0.39 is 5.97 Å². The summed E-state index contributed by atoms with van der Waals surface area (Å²) in [5.41, 5.74) is 4.93. The Morgan fingerprint density at radius 3 is 2.21 bits per heavy atom. The van der Waals surface area contributed by atoms with Gasteiger partial charge in [0.2, 0.25) is 0 Å². The number of aryl methyl sites for hydroxylation is 2. The van der Waals surface area contributed by atoms with E-state index in [-0.39, 0.29) is 0 Å². The highest BCUT2D eigenvalue weighted by atomic mass is 16.4. The van der Waals surface area contributed by atoms with Crippen molar-refractivity contribution < 1.29 is 9.90 Å². The van der Waals surface area contributed by atoms with Crippen LogP contribution >= 0.6 is 0 Å². The molecule has 2 aromatic rings. The fraction of sp³-hybridized carbons (Fsp3) is 0.118. The Bertz CT molecular complexity index is 625. The maximum Gasteiger partial charge on any atom is 0.328 e. The molecule has 0 unspecified atom stereocenters. The average molecular weight is 252 g/mol. The molecule has 0 fully saturated rings. The molecule has 0 saturated carbocycles. The molecule has 2 nitrogen and oxygen atoms in total. The molecule has 0 aromatic heterocycles. The molecule has 96 valence electrons. The Balaban J connectivity index is 2.56. The van der Waals surface area contributed by atoms with Gasteiger partial charge in [-0.25, -0.2) is 4.79 Å². The first-order valence-electron chi connectivity index (χ1n) is 6.15. The van der Waals surface area contributed by atoms with Gasteiger partial charge in [-0.3, -0.25) is 0 Å². The van der Waals surface area contributed by atoms with Crippen LogP contribution in [0.15, 0.2) is 54.6 Å². The van der Waals surface area contributed by atoms with Gasteiger partial charge in [0, 0.05) is 6.08 Å². The quantitative estimate of drug-likeness (QED) is 0.843. The van der Waals surface area contributed by atoms with E-state index in [1.165, 1.54) is 11.6 Å². The van der Waals surface area contributed by atoms with Gasteiger partial charge in [0.05, 0.1) is 0 Å². The summed E-state index contributed by atoms with van der Waals surface area (Å²) in [6, 6.07) is 15.6. The highest BCUT2D eigenvalue weighted by Gasteiger charge is 2.08. The van der Waals surface area contributed by atoms with Gasteiger partial charge in [0.25, 0.3) is 0 Å². The Labute approximate surface area is 113 Å². The highest BCUT2D eigenvalue weighted by molar-refractivity contribution is 5.95. The van der Waals surface area contributed by atoms with Crippen molar-refractivity contribution in [3.8, 4) is 0 Å². The molecule has 0 spiro atoms. The first-order valence-corrected chi connectivity index (χ1v) is 6.15. The smallest absolute Gasteiger partial charge is 0.328 e. The summed E-state index contributed by atoms with van der Waals surface area (Å²) >= 11 is 0. The second kappa shape index (κ2) is 5.53. The predicted molar refractivity (Wildman–Crippen MR) is 77.1 cm³/mol. The van der Waals surface area contributed by atoms with Crippen LogP contribution in [-0.4, -0.2) is 11.1 Å². The summed E-state index contributed by atoms with van der Waals surface area (Å²) in [6.07, 6.45) is 1.26. The topological polar surface area (TPSA) is 37.3 Å². The van der Waals surface area contributed by atoms with Gasteiger partial charge in [-0.15, -0.1) is 0 Å². The predicted octanol–water partition coefficient (Wildman–Crippen LogP) is 3.82. The van der Waals surface area contributed by atoms with E-state index in [0.29, 0.717) is 0 Å². The van der Waals surface area contributed by atoms with E-state index in [9.17, 15) is 4.79 Å². The maximum absolute atomic E-state index is 11.0. The third kappa shape index (κ3) is 3.10. The minimum atomic E-state index is -0.933. The Kier molecular flexibility index (Phi) is 3.81. The van der Waals surface area contributed by atoms with Crippen LogP contribution in [0.3, 0.4) is 0 Å². The molecule has 2 aromatic carbocycles. The minimum absolute atomic E-state index is 0.733. The molecule has 0 bridgehead atoms. The van der Waals surface area contributed by atoms with Crippen LogP contribution in [0.25, 0.3) is 5.57 Å². The Morgan fingerprint density at radius 1 is 0.947 bits per heavy atom. The molecule has 0 atom stereocenters. The summed E-state index contributed by atoms with van der Waals surface area (Å²) in [4.78, 5) is 11.0. The van der Waals surface area contributed by atoms with Crippen LogP contribution in [0.2, 0.25) is 0 Å².